The third-order valence-electron chi connectivity index (χ3n) is 4.70. The molecule has 1 aliphatic carbocycles. The molecular weight excluding hydrogens is 238 g/mol. The van der Waals surface area contributed by atoms with Crippen LogP contribution in [0.3, 0.4) is 0 Å². The summed E-state index contributed by atoms with van der Waals surface area (Å²) in [4.78, 5) is 0. The van der Waals surface area contributed by atoms with Gasteiger partial charge in [-0.15, -0.1) is 0 Å². The molecule has 0 unspecified atom stereocenters. The van der Waals surface area contributed by atoms with Crippen molar-refractivity contribution in [2.24, 2.45) is 17.1 Å². The fraction of sp³-hybridized carbons (Fsp3) is 0.750. The number of hydrogen-bond donors (Lipinski definition) is 1. The molecule has 0 atom stereocenters. The zero-order valence-corrected chi connectivity index (χ0v) is 12.9. The summed E-state index contributed by atoms with van der Waals surface area (Å²) in [5.74, 6) is 0.857. The van der Waals surface area contributed by atoms with E-state index in [0.717, 1.165) is 18.8 Å². The molecule has 1 fully saturated rings. The Kier molecular flexibility index (Phi) is 4.18. The minimum absolute atomic E-state index is 0.101. The zero-order chi connectivity index (χ0) is 13.2. The van der Waals surface area contributed by atoms with Crippen molar-refractivity contribution in [3.8, 4) is 0 Å². The number of rotatable bonds is 3. The minimum Gasteiger partial charge on any atom is -0.325 e. The largest absolute Gasteiger partial charge is 0.325 e. The maximum Gasteiger partial charge on any atom is 0.0157 e. The quantitative estimate of drug-likeness (QED) is 0.848. The molecule has 2 rings (SSSR count). The van der Waals surface area contributed by atoms with Crippen molar-refractivity contribution in [1.29, 1.82) is 0 Å². The van der Waals surface area contributed by atoms with Crippen LogP contribution < -0.4 is 5.73 Å². The lowest BCUT2D eigenvalue weighted by Crippen LogP contribution is -2.45. The highest BCUT2D eigenvalue weighted by Crippen LogP contribution is 2.41. The standard InChI is InChI=1S/C16H27NS/c1-15(2,3)14-5-9-16(17,10-6-14)8-4-13-7-11-18-12-13/h7,11-12,14H,4-6,8-10,17H2,1-3H3. The fourth-order valence-corrected chi connectivity index (χ4v) is 3.84. The summed E-state index contributed by atoms with van der Waals surface area (Å²) >= 11 is 1.79. The molecule has 0 aromatic carbocycles. The van der Waals surface area contributed by atoms with Gasteiger partial charge in [-0.05, 0) is 72.2 Å². The molecule has 0 saturated heterocycles. The summed E-state index contributed by atoms with van der Waals surface area (Å²) < 4.78 is 0. The lowest BCUT2D eigenvalue weighted by Gasteiger charge is -2.42. The highest BCUT2D eigenvalue weighted by molar-refractivity contribution is 7.07. The van der Waals surface area contributed by atoms with Crippen LogP contribution in [0, 0.1) is 11.3 Å². The van der Waals surface area contributed by atoms with Crippen LogP contribution in [0.25, 0.3) is 0 Å². The molecule has 2 heteroatoms. The van der Waals surface area contributed by atoms with Gasteiger partial charge < -0.3 is 5.73 Å². The van der Waals surface area contributed by atoms with Gasteiger partial charge in [0.2, 0.25) is 0 Å². The lowest BCUT2D eigenvalue weighted by molar-refractivity contribution is 0.130. The van der Waals surface area contributed by atoms with Gasteiger partial charge in [-0.25, -0.2) is 0 Å². The average molecular weight is 265 g/mol. The van der Waals surface area contributed by atoms with Gasteiger partial charge in [-0.3, -0.25) is 0 Å². The van der Waals surface area contributed by atoms with E-state index in [4.69, 9.17) is 5.73 Å². The second-order valence-electron chi connectivity index (χ2n) is 7.13. The molecule has 0 radical (unpaired) electrons. The van der Waals surface area contributed by atoms with Gasteiger partial charge in [-0.1, -0.05) is 20.8 Å². The van der Waals surface area contributed by atoms with E-state index in [0.29, 0.717) is 5.41 Å². The van der Waals surface area contributed by atoms with Gasteiger partial charge in [0.25, 0.3) is 0 Å². The van der Waals surface area contributed by atoms with Crippen molar-refractivity contribution in [3.05, 3.63) is 22.4 Å². The Morgan fingerprint density at radius 1 is 1.33 bits per heavy atom. The topological polar surface area (TPSA) is 26.0 Å². The van der Waals surface area contributed by atoms with Crippen molar-refractivity contribution in [1.82, 2.24) is 0 Å². The van der Waals surface area contributed by atoms with Crippen LogP contribution >= 0.6 is 11.3 Å². The summed E-state index contributed by atoms with van der Waals surface area (Å²) in [7, 11) is 0. The molecule has 0 amide bonds. The normalized spacial score (nSPS) is 29.4. The Morgan fingerprint density at radius 3 is 2.50 bits per heavy atom. The molecule has 0 bridgehead atoms. The Morgan fingerprint density at radius 2 is 2.00 bits per heavy atom. The van der Waals surface area contributed by atoms with Gasteiger partial charge in [0.1, 0.15) is 0 Å². The Bertz CT molecular complexity index is 353. The highest BCUT2D eigenvalue weighted by Gasteiger charge is 2.35. The smallest absolute Gasteiger partial charge is 0.0157 e. The zero-order valence-electron chi connectivity index (χ0n) is 12.0. The van der Waals surface area contributed by atoms with Crippen molar-refractivity contribution < 1.29 is 0 Å². The Labute approximate surface area is 116 Å². The minimum atomic E-state index is 0.101. The molecule has 2 N–H and O–H groups in total. The lowest BCUT2D eigenvalue weighted by atomic mass is 9.66. The molecule has 18 heavy (non-hydrogen) atoms. The third kappa shape index (κ3) is 3.58. The van der Waals surface area contributed by atoms with E-state index in [9.17, 15) is 0 Å². The predicted octanol–water partition coefficient (Wildman–Crippen LogP) is 4.61. The molecule has 0 aliphatic heterocycles. The van der Waals surface area contributed by atoms with Crippen molar-refractivity contribution in [2.75, 3.05) is 0 Å². The van der Waals surface area contributed by atoms with Crippen molar-refractivity contribution in [3.63, 3.8) is 0 Å². The van der Waals surface area contributed by atoms with E-state index in [2.05, 4.69) is 37.6 Å². The number of aryl methyl sites for hydroxylation is 1. The molecular formula is C16H27NS. The van der Waals surface area contributed by atoms with Crippen LogP contribution in [0.1, 0.15) is 58.4 Å². The maximum atomic E-state index is 6.58. The van der Waals surface area contributed by atoms with E-state index in [-0.39, 0.29) is 5.54 Å². The predicted molar refractivity (Wildman–Crippen MR) is 81.0 cm³/mol. The van der Waals surface area contributed by atoms with E-state index in [1.54, 1.807) is 11.3 Å². The number of hydrogen-bond acceptors (Lipinski definition) is 2. The second-order valence-corrected chi connectivity index (χ2v) is 7.91. The van der Waals surface area contributed by atoms with Gasteiger partial charge in [0.15, 0.2) is 0 Å². The second kappa shape index (κ2) is 5.34. The van der Waals surface area contributed by atoms with Gasteiger partial charge in [-0.2, -0.15) is 11.3 Å². The van der Waals surface area contributed by atoms with Crippen LogP contribution in [0.2, 0.25) is 0 Å². The van der Waals surface area contributed by atoms with Crippen LogP contribution in [0.4, 0.5) is 0 Å². The maximum absolute atomic E-state index is 6.58. The average Bonchev–Trinajstić information content (AvgIpc) is 2.79. The van der Waals surface area contributed by atoms with Gasteiger partial charge in [0.05, 0.1) is 0 Å². The molecule has 1 aromatic rings. The SMILES string of the molecule is CC(C)(C)C1CCC(N)(CCc2ccsc2)CC1. The first-order valence-corrected chi connectivity index (χ1v) is 8.13. The number of thiophene rings is 1. The van der Waals surface area contributed by atoms with Crippen LogP contribution in [-0.4, -0.2) is 5.54 Å². The van der Waals surface area contributed by atoms with E-state index >= 15 is 0 Å². The molecule has 1 aromatic heterocycles. The monoisotopic (exact) mass is 265 g/mol. The van der Waals surface area contributed by atoms with E-state index in [1.165, 1.54) is 31.2 Å². The van der Waals surface area contributed by atoms with Crippen LogP contribution in [0.5, 0.6) is 0 Å². The van der Waals surface area contributed by atoms with Crippen molar-refractivity contribution in [2.45, 2.75) is 64.8 Å². The molecule has 1 heterocycles. The first-order chi connectivity index (χ1) is 8.39. The van der Waals surface area contributed by atoms with E-state index < -0.39 is 0 Å². The summed E-state index contributed by atoms with van der Waals surface area (Å²) in [5.41, 5.74) is 8.60. The van der Waals surface area contributed by atoms with Crippen molar-refractivity contribution >= 4 is 11.3 Å². The van der Waals surface area contributed by atoms with Gasteiger partial charge >= 0.3 is 0 Å². The van der Waals surface area contributed by atoms with Gasteiger partial charge in [0, 0.05) is 5.54 Å². The fourth-order valence-electron chi connectivity index (χ4n) is 3.14. The Hall–Kier alpha value is -0.340. The van der Waals surface area contributed by atoms with Crippen LogP contribution in [0.15, 0.2) is 16.8 Å². The summed E-state index contributed by atoms with van der Waals surface area (Å²) in [6.45, 7) is 7.10. The number of nitrogens with two attached hydrogens (primary N) is 1. The van der Waals surface area contributed by atoms with Crippen LogP contribution in [-0.2, 0) is 6.42 Å². The molecule has 0 spiro atoms. The molecule has 1 saturated carbocycles. The first kappa shape index (κ1) is 14.1. The first-order valence-electron chi connectivity index (χ1n) is 7.19. The third-order valence-corrected chi connectivity index (χ3v) is 5.43. The Balaban J connectivity index is 1.83. The summed E-state index contributed by atoms with van der Waals surface area (Å²) in [6.07, 6.45) is 7.34. The van der Waals surface area contributed by atoms with E-state index in [1.807, 2.05) is 0 Å². The highest BCUT2D eigenvalue weighted by atomic mass is 32.1. The molecule has 102 valence electrons. The molecule has 1 nitrogen and oxygen atoms in total. The summed E-state index contributed by atoms with van der Waals surface area (Å²) in [5, 5.41) is 4.42. The molecule has 1 aliphatic rings. The summed E-state index contributed by atoms with van der Waals surface area (Å²) in [6, 6.07) is 2.23.